The summed E-state index contributed by atoms with van der Waals surface area (Å²) in [5, 5.41) is 2.62. The van der Waals surface area contributed by atoms with Gasteiger partial charge in [-0.25, -0.2) is 4.98 Å². The lowest BCUT2D eigenvalue weighted by atomic mass is 10.1. The van der Waals surface area contributed by atoms with Gasteiger partial charge in [-0.3, -0.25) is 4.79 Å². The Balaban J connectivity index is 2.31. The summed E-state index contributed by atoms with van der Waals surface area (Å²) in [6.45, 7) is 0.522. The van der Waals surface area contributed by atoms with Crippen LogP contribution in [-0.2, 0) is 6.42 Å². The molecular formula is C14H16N2O3S. The molecule has 0 amide bonds. The second kappa shape index (κ2) is 6.49. The van der Waals surface area contributed by atoms with Crippen molar-refractivity contribution in [3.8, 4) is 11.5 Å². The number of methoxy groups -OCH3 is 2. The quantitative estimate of drug-likeness (QED) is 0.823. The summed E-state index contributed by atoms with van der Waals surface area (Å²) in [6.07, 6.45) is 0.680. The van der Waals surface area contributed by atoms with Crippen molar-refractivity contribution in [2.75, 3.05) is 20.8 Å². The Morgan fingerprint density at radius 1 is 1.25 bits per heavy atom. The zero-order valence-corrected chi connectivity index (χ0v) is 12.2. The molecule has 2 rings (SSSR count). The smallest absolute Gasteiger partial charge is 0.212 e. The predicted molar refractivity (Wildman–Crippen MR) is 77.9 cm³/mol. The van der Waals surface area contributed by atoms with E-state index in [1.54, 1.807) is 37.8 Å². The Morgan fingerprint density at radius 3 is 2.45 bits per heavy atom. The lowest BCUT2D eigenvalue weighted by molar-refractivity contribution is 0.103. The average molecular weight is 292 g/mol. The maximum absolute atomic E-state index is 12.4. The molecule has 6 heteroatoms. The lowest BCUT2D eigenvalue weighted by Crippen LogP contribution is -2.05. The number of thiazole rings is 1. The molecule has 0 spiro atoms. The van der Waals surface area contributed by atoms with Crippen molar-refractivity contribution in [2.45, 2.75) is 6.42 Å². The predicted octanol–water partition coefficient (Wildman–Crippen LogP) is 1.89. The largest absolute Gasteiger partial charge is 0.497 e. The lowest BCUT2D eigenvalue weighted by Gasteiger charge is -2.06. The van der Waals surface area contributed by atoms with Gasteiger partial charge in [0.15, 0.2) is 0 Å². The molecule has 2 aromatic rings. The van der Waals surface area contributed by atoms with Gasteiger partial charge < -0.3 is 15.2 Å². The van der Waals surface area contributed by atoms with Crippen molar-refractivity contribution in [3.63, 3.8) is 0 Å². The van der Waals surface area contributed by atoms with E-state index in [1.165, 1.54) is 11.3 Å². The third-order valence-electron chi connectivity index (χ3n) is 2.76. The highest BCUT2D eigenvalue weighted by Crippen LogP contribution is 2.24. The van der Waals surface area contributed by atoms with Crippen LogP contribution in [0.15, 0.2) is 23.6 Å². The summed E-state index contributed by atoms with van der Waals surface area (Å²) in [6, 6.07) is 5.07. The van der Waals surface area contributed by atoms with Crippen LogP contribution in [0.1, 0.15) is 21.1 Å². The molecule has 0 radical (unpaired) electrons. The van der Waals surface area contributed by atoms with E-state index < -0.39 is 0 Å². The Labute approximate surface area is 121 Å². The van der Waals surface area contributed by atoms with Crippen LogP contribution in [-0.4, -0.2) is 31.5 Å². The van der Waals surface area contributed by atoms with E-state index >= 15 is 0 Å². The van der Waals surface area contributed by atoms with E-state index in [2.05, 4.69) is 4.98 Å². The van der Waals surface area contributed by atoms with Crippen LogP contribution in [0.2, 0.25) is 0 Å². The minimum atomic E-state index is -0.151. The van der Waals surface area contributed by atoms with Crippen LogP contribution in [0, 0.1) is 0 Å². The van der Waals surface area contributed by atoms with E-state index in [9.17, 15) is 4.79 Å². The molecule has 20 heavy (non-hydrogen) atoms. The molecule has 106 valence electrons. The molecule has 0 fully saturated rings. The first-order valence-electron chi connectivity index (χ1n) is 6.10. The topological polar surface area (TPSA) is 74.4 Å². The van der Waals surface area contributed by atoms with Gasteiger partial charge in [0.2, 0.25) is 5.78 Å². The molecule has 0 unspecified atom stereocenters. The summed E-state index contributed by atoms with van der Waals surface area (Å²) in [5.74, 6) is 0.997. The van der Waals surface area contributed by atoms with Gasteiger partial charge in [0.1, 0.15) is 17.2 Å². The van der Waals surface area contributed by atoms with E-state index in [4.69, 9.17) is 15.2 Å². The van der Waals surface area contributed by atoms with Crippen LogP contribution in [0.4, 0.5) is 0 Å². The van der Waals surface area contributed by atoms with E-state index in [1.807, 2.05) is 0 Å². The number of hydrogen-bond donors (Lipinski definition) is 1. The second-order valence-electron chi connectivity index (χ2n) is 4.10. The monoisotopic (exact) mass is 292 g/mol. The highest BCUT2D eigenvalue weighted by Gasteiger charge is 2.15. The number of nitrogens with zero attached hydrogens (tertiary/aromatic N) is 1. The van der Waals surface area contributed by atoms with E-state index in [0.29, 0.717) is 35.7 Å². The van der Waals surface area contributed by atoms with Crippen molar-refractivity contribution in [3.05, 3.63) is 39.8 Å². The third kappa shape index (κ3) is 3.15. The van der Waals surface area contributed by atoms with Crippen LogP contribution in [0.3, 0.4) is 0 Å². The van der Waals surface area contributed by atoms with Gasteiger partial charge in [-0.2, -0.15) is 0 Å². The number of nitrogens with two attached hydrogens (primary N) is 1. The Bertz CT molecular complexity index is 588. The third-order valence-corrected chi connectivity index (χ3v) is 3.66. The molecule has 2 N–H and O–H groups in total. The Hall–Kier alpha value is -1.92. The molecule has 0 aliphatic rings. The van der Waals surface area contributed by atoms with Gasteiger partial charge in [0.25, 0.3) is 0 Å². The zero-order chi connectivity index (χ0) is 14.5. The van der Waals surface area contributed by atoms with Gasteiger partial charge in [-0.15, -0.1) is 11.3 Å². The molecule has 0 saturated heterocycles. The van der Waals surface area contributed by atoms with Gasteiger partial charge in [0.05, 0.1) is 19.2 Å². The standard InChI is InChI=1S/C14H16N2O3S/c1-18-10-5-9(6-11(7-10)19-2)14(17)12-8-20-13(16-12)3-4-15/h5-8H,3-4,15H2,1-2H3. The van der Waals surface area contributed by atoms with Crippen molar-refractivity contribution in [1.29, 1.82) is 0 Å². The number of hydrogen-bond acceptors (Lipinski definition) is 6. The normalized spacial score (nSPS) is 10.3. The number of ketones is 1. The summed E-state index contributed by atoms with van der Waals surface area (Å²) >= 11 is 1.44. The fourth-order valence-corrected chi connectivity index (χ4v) is 2.53. The summed E-state index contributed by atoms with van der Waals surface area (Å²) < 4.78 is 10.3. The Morgan fingerprint density at radius 2 is 1.90 bits per heavy atom. The maximum atomic E-state index is 12.4. The molecule has 5 nitrogen and oxygen atoms in total. The first-order chi connectivity index (χ1) is 9.67. The van der Waals surface area contributed by atoms with Gasteiger partial charge in [-0.1, -0.05) is 0 Å². The van der Waals surface area contributed by atoms with E-state index in [0.717, 1.165) is 5.01 Å². The number of benzene rings is 1. The van der Waals surface area contributed by atoms with Crippen molar-refractivity contribution in [2.24, 2.45) is 5.73 Å². The number of rotatable bonds is 6. The first kappa shape index (κ1) is 14.5. The van der Waals surface area contributed by atoms with E-state index in [-0.39, 0.29) is 5.78 Å². The summed E-state index contributed by atoms with van der Waals surface area (Å²) in [7, 11) is 3.09. The fourth-order valence-electron chi connectivity index (χ4n) is 1.74. The average Bonchev–Trinajstić information content (AvgIpc) is 2.94. The molecule has 0 aliphatic heterocycles. The van der Waals surface area contributed by atoms with Crippen molar-refractivity contribution < 1.29 is 14.3 Å². The zero-order valence-electron chi connectivity index (χ0n) is 11.4. The van der Waals surface area contributed by atoms with Crippen LogP contribution in [0.25, 0.3) is 0 Å². The second-order valence-corrected chi connectivity index (χ2v) is 5.04. The van der Waals surface area contributed by atoms with Crippen molar-refractivity contribution in [1.82, 2.24) is 4.98 Å². The van der Waals surface area contributed by atoms with Crippen molar-refractivity contribution >= 4 is 17.1 Å². The fraction of sp³-hybridized carbons (Fsp3) is 0.286. The first-order valence-corrected chi connectivity index (χ1v) is 6.98. The molecule has 0 bridgehead atoms. The molecule has 1 heterocycles. The van der Waals surface area contributed by atoms with Crippen LogP contribution in [0.5, 0.6) is 11.5 Å². The maximum Gasteiger partial charge on any atom is 0.212 e. The molecular weight excluding hydrogens is 276 g/mol. The number of carbonyl (C=O) groups excluding carboxylic acids is 1. The highest BCUT2D eigenvalue weighted by atomic mass is 32.1. The van der Waals surface area contributed by atoms with Gasteiger partial charge >= 0.3 is 0 Å². The van der Waals surface area contributed by atoms with Crippen LogP contribution >= 0.6 is 11.3 Å². The highest BCUT2D eigenvalue weighted by molar-refractivity contribution is 7.09. The van der Waals surface area contributed by atoms with Gasteiger partial charge in [0, 0.05) is 23.4 Å². The molecule has 1 aromatic heterocycles. The minimum absolute atomic E-state index is 0.151. The molecule has 0 aliphatic carbocycles. The van der Waals surface area contributed by atoms with Gasteiger partial charge in [-0.05, 0) is 18.7 Å². The molecule has 1 aromatic carbocycles. The number of carbonyl (C=O) groups is 1. The number of ether oxygens (including phenoxy) is 2. The van der Waals surface area contributed by atoms with Crippen LogP contribution < -0.4 is 15.2 Å². The SMILES string of the molecule is COc1cc(OC)cc(C(=O)c2csc(CCN)n2)c1. The molecule has 0 saturated carbocycles. The summed E-state index contributed by atoms with van der Waals surface area (Å²) in [5.41, 5.74) is 6.40. The Kier molecular flexibility index (Phi) is 4.70. The number of aromatic nitrogens is 1. The summed E-state index contributed by atoms with van der Waals surface area (Å²) in [4.78, 5) is 16.7. The molecule has 0 atom stereocenters. The minimum Gasteiger partial charge on any atom is -0.497 e.